The van der Waals surface area contributed by atoms with E-state index in [1.54, 1.807) is 84.7 Å². The van der Waals surface area contributed by atoms with Crippen molar-refractivity contribution < 1.29 is 0 Å². The van der Waals surface area contributed by atoms with Crippen LogP contribution in [0.1, 0.15) is 193 Å². The van der Waals surface area contributed by atoms with Crippen molar-refractivity contribution in [2.24, 2.45) is 31.3 Å². The molecule has 1 aliphatic rings. The van der Waals surface area contributed by atoms with E-state index < -0.39 is 0 Å². The van der Waals surface area contributed by atoms with Crippen LogP contribution in [0.4, 0.5) is 0 Å². The highest BCUT2D eigenvalue weighted by molar-refractivity contribution is 5.96. The maximum absolute atomic E-state index is 3.98. The maximum Gasteiger partial charge on any atom is 0.137 e. The van der Waals surface area contributed by atoms with Crippen LogP contribution in [-0.4, -0.2) is 112 Å². The number of hydrogen-bond acceptors (Lipinski definition) is 17. The first-order valence-electron chi connectivity index (χ1n) is 29.4. The zero-order chi connectivity index (χ0) is 66.9. The monoisotopic (exact) mass is 1190 g/mol. The molecule has 0 unspecified atom stereocenters. The predicted octanol–water partition coefficient (Wildman–Crippen LogP) is 16.4. The highest BCUT2D eigenvalue weighted by Gasteiger charge is 1.90. The molecule has 0 atom stereocenters. The van der Waals surface area contributed by atoms with Crippen molar-refractivity contribution in [2.75, 3.05) is 0 Å². The fourth-order valence-electron chi connectivity index (χ4n) is 3.38. The molecule has 22 heteroatoms. The fourth-order valence-corrected chi connectivity index (χ4v) is 3.38. The standard InChI is InChI=1S/3C6H7N.C5H6N2.C4H6N2.5C3H5N3.10C2H6.CH4/c1-6-2-4-7-5-3-6;1-6-3-2-4-7-5-6;1-6-4-2-3-5-7-6;1-5-2-3-6-4-7-5;1-4-2-3-5-6-4;1-6-3-4-2-5-6;1-6-3-2-4-5-6;1-6-4-2-3-5-6;2*1-3-4-2-5-6-3;10*1-2;/h3*2-5H,1H3;2-4H,1H3;3H,2H2,1H3;3*2-3H,1H3;2*2H,1H3,(H,4,5,6);10*1-2H3;1H4. The molecule has 2 N–H and O–H groups in total. The zero-order valence-corrected chi connectivity index (χ0v) is 58.0. The van der Waals surface area contributed by atoms with E-state index >= 15 is 0 Å². The molecule has 0 aliphatic carbocycles. The lowest BCUT2D eigenvalue weighted by Gasteiger charge is -1.82. The van der Waals surface area contributed by atoms with Crippen LogP contribution in [0.5, 0.6) is 0 Å². The second-order valence-electron chi connectivity index (χ2n) is 12.5. The molecule has 0 saturated carbocycles. The Bertz CT molecular complexity index is 1990. The first-order valence-corrected chi connectivity index (χ1v) is 29.4. The van der Waals surface area contributed by atoms with Gasteiger partial charge in [0.05, 0.1) is 18.6 Å². The number of aryl methyl sites for hydroxylation is 9. The van der Waals surface area contributed by atoms with Gasteiger partial charge >= 0.3 is 0 Å². The minimum Gasteiger partial charge on any atom is -0.265 e. The lowest BCUT2D eigenvalue weighted by Crippen LogP contribution is -1.89. The summed E-state index contributed by atoms with van der Waals surface area (Å²) in [5.74, 6) is 1.71. The van der Waals surface area contributed by atoms with Crippen molar-refractivity contribution in [3.63, 3.8) is 0 Å². The molecule has 9 aromatic heterocycles. The third-order valence-electron chi connectivity index (χ3n) is 6.58. The molecular weight excluding hydrogens is 1060 g/mol. The van der Waals surface area contributed by atoms with Crippen molar-refractivity contribution >= 4 is 11.9 Å². The third-order valence-corrected chi connectivity index (χ3v) is 6.58. The Hall–Kier alpha value is -8.43. The van der Waals surface area contributed by atoms with E-state index in [1.807, 2.05) is 256 Å². The normalized spacial score (nSPS) is 8.00. The van der Waals surface area contributed by atoms with Crippen molar-refractivity contribution in [3.8, 4) is 0 Å². The van der Waals surface area contributed by atoms with Gasteiger partial charge in [-0.1, -0.05) is 163 Å². The fraction of sp³-hybridized carbons (Fsp3) is 0.508. The number of H-pyrrole nitrogens is 2. The molecule has 0 fully saturated rings. The molecule has 0 aromatic carbocycles. The molecule has 85 heavy (non-hydrogen) atoms. The number of nitrogens with zero attached hydrogens (tertiary/aromatic N) is 20. The average Bonchev–Trinajstić information content (AvgIpc) is 4.47. The minimum absolute atomic E-state index is 0. The van der Waals surface area contributed by atoms with E-state index in [9.17, 15) is 0 Å². The smallest absolute Gasteiger partial charge is 0.137 e. The highest BCUT2D eigenvalue weighted by atomic mass is 15.4. The first-order chi connectivity index (χ1) is 40.9. The average molecular weight is 1190 g/mol. The van der Waals surface area contributed by atoms with Gasteiger partial charge in [-0.2, -0.15) is 40.5 Å². The number of rotatable bonds is 0. The summed E-state index contributed by atoms with van der Waals surface area (Å²) in [7, 11) is 5.43. The molecule has 10 rings (SSSR count). The van der Waals surface area contributed by atoms with E-state index in [4.69, 9.17) is 0 Å². The Balaban J connectivity index is -0.0000000769. The van der Waals surface area contributed by atoms with Gasteiger partial charge in [0, 0.05) is 94.3 Å². The largest absolute Gasteiger partial charge is 0.265 e. The molecule has 0 spiro atoms. The summed E-state index contributed by atoms with van der Waals surface area (Å²) in [5, 5.41) is 38.1. The van der Waals surface area contributed by atoms with E-state index in [1.165, 1.54) is 41.2 Å². The summed E-state index contributed by atoms with van der Waals surface area (Å²) in [5.41, 5.74) is 5.66. The van der Waals surface area contributed by atoms with Crippen LogP contribution in [0, 0.1) is 41.5 Å². The molecule has 9 aromatic rings. The highest BCUT2D eigenvalue weighted by Crippen LogP contribution is 1.91. The summed E-state index contributed by atoms with van der Waals surface area (Å²) in [4.78, 5) is 32.0. The van der Waals surface area contributed by atoms with Gasteiger partial charge in [0.2, 0.25) is 0 Å². The Labute approximate surface area is 518 Å². The van der Waals surface area contributed by atoms with Crippen LogP contribution in [0.25, 0.3) is 0 Å². The summed E-state index contributed by atoms with van der Waals surface area (Å²) in [6.07, 6.45) is 27.8. The lowest BCUT2D eigenvalue weighted by atomic mass is 10.3. The molecule has 0 radical (unpaired) electrons. The summed E-state index contributed by atoms with van der Waals surface area (Å²) >= 11 is 0. The van der Waals surface area contributed by atoms with Crippen LogP contribution in [0.15, 0.2) is 152 Å². The van der Waals surface area contributed by atoms with Crippen molar-refractivity contribution in [1.82, 2.24) is 100 Å². The molecular formula is C63H122N22. The molecule has 10 heterocycles. The van der Waals surface area contributed by atoms with Gasteiger partial charge in [0.15, 0.2) is 0 Å². The molecule has 0 saturated heterocycles. The van der Waals surface area contributed by atoms with Gasteiger partial charge in [0.1, 0.15) is 43.3 Å². The molecule has 0 amide bonds. The van der Waals surface area contributed by atoms with Crippen molar-refractivity contribution in [2.45, 2.75) is 201 Å². The summed E-state index contributed by atoms with van der Waals surface area (Å²) in [6, 6.07) is 15.6. The summed E-state index contributed by atoms with van der Waals surface area (Å²) in [6.45, 7) is 53.6. The number of aromatic amines is 2. The molecule has 1 aliphatic heterocycles. The van der Waals surface area contributed by atoms with Gasteiger partial charge in [-0.3, -0.25) is 34.5 Å². The number of pyridine rings is 3. The third kappa shape index (κ3) is 95.1. The van der Waals surface area contributed by atoms with Crippen LogP contribution in [0.3, 0.4) is 0 Å². The Morgan fingerprint density at radius 3 is 1.07 bits per heavy atom. The van der Waals surface area contributed by atoms with E-state index in [2.05, 4.69) is 96.1 Å². The second-order valence-corrected chi connectivity index (χ2v) is 12.5. The maximum atomic E-state index is 3.98. The predicted molar refractivity (Wildman–Crippen MR) is 365 cm³/mol. The first kappa shape index (κ1) is 102. The van der Waals surface area contributed by atoms with E-state index in [-0.39, 0.29) is 7.43 Å². The van der Waals surface area contributed by atoms with Gasteiger partial charge in [-0.15, -0.1) is 5.10 Å². The number of hydrogen-bond donors (Lipinski definition) is 2. The topological polar surface area (TPSA) is 264 Å². The number of aromatic nitrogens is 20. The van der Waals surface area contributed by atoms with Gasteiger partial charge in [-0.25, -0.2) is 24.9 Å². The molecule has 0 bridgehead atoms. The van der Waals surface area contributed by atoms with Gasteiger partial charge < -0.3 is 0 Å². The molecule has 484 valence electrons. The summed E-state index contributed by atoms with van der Waals surface area (Å²) < 4.78 is 3.28. The number of nitrogens with one attached hydrogen (secondary N) is 2. The van der Waals surface area contributed by atoms with Crippen LogP contribution in [0.2, 0.25) is 0 Å². The minimum atomic E-state index is 0. The Morgan fingerprint density at radius 1 is 0.412 bits per heavy atom. The van der Waals surface area contributed by atoms with E-state index in [0.29, 0.717) is 0 Å². The molecule has 22 nitrogen and oxygen atoms in total. The zero-order valence-electron chi connectivity index (χ0n) is 58.0. The lowest BCUT2D eigenvalue weighted by molar-refractivity contribution is 0.654. The van der Waals surface area contributed by atoms with Gasteiger partial charge in [-0.05, 0) is 96.0 Å². The quantitative estimate of drug-likeness (QED) is 0.143. The second kappa shape index (κ2) is 97.7. The van der Waals surface area contributed by atoms with Crippen LogP contribution >= 0.6 is 0 Å². The Morgan fingerprint density at radius 2 is 0.918 bits per heavy atom. The van der Waals surface area contributed by atoms with Crippen LogP contribution in [-0.2, 0) is 21.1 Å². The van der Waals surface area contributed by atoms with E-state index in [0.717, 1.165) is 35.2 Å². The van der Waals surface area contributed by atoms with Crippen molar-refractivity contribution in [1.29, 1.82) is 0 Å². The Kier molecular flexibility index (Phi) is 117. The van der Waals surface area contributed by atoms with Crippen molar-refractivity contribution in [3.05, 3.63) is 176 Å². The SMILES string of the molecule is C.CC.CC.CC.CC.CC.CC.CC.CC.CC.CC.CC1=NN=CC1.Cc1ccccn1.Cc1cccnc1.Cc1ccncc1.Cc1ccncn1.Cc1ncn[nH]1.Cc1ncn[nH]1.Cn1ccnn1.Cn1cncn1.Cn1nccn1. The van der Waals surface area contributed by atoms with Gasteiger partial charge in [0.25, 0.3) is 0 Å². The van der Waals surface area contributed by atoms with Crippen LogP contribution < -0.4 is 0 Å².